The van der Waals surface area contributed by atoms with Crippen LogP contribution < -0.4 is 61.7 Å². The van der Waals surface area contributed by atoms with Crippen LogP contribution in [0.4, 0.5) is 23.4 Å². The zero-order valence-electron chi connectivity index (χ0n) is 21.4. The summed E-state index contributed by atoms with van der Waals surface area (Å²) in [5, 5.41) is 0. The number of halogens is 3. The van der Waals surface area contributed by atoms with Gasteiger partial charge in [0.25, 0.3) is 0 Å². The predicted octanol–water partition coefficient (Wildman–Crippen LogP) is 3.09. The fourth-order valence-corrected chi connectivity index (χ4v) is 4.27. The van der Waals surface area contributed by atoms with Crippen molar-refractivity contribution >= 4 is 30.2 Å². The Hall–Kier alpha value is -2.11. The first-order valence-corrected chi connectivity index (χ1v) is 11.5. The van der Waals surface area contributed by atoms with E-state index in [1.165, 1.54) is 13.1 Å². The van der Waals surface area contributed by atoms with Gasteiger partial charge < -0.3 is 22.4 Å². The molecule has 0 radical (unpaired) electrons. The third-order valence-electron chi connectivity index (χ3n) is 5.95. The first kappa shape index (κ1) is 29.4. The van der Waals surface area contributed by atoms with Crippen LogP contribution in [0.2, 0.25) is 0 Å². The first-order valence-electron chi connectivity index (χ1n) is 11.5. The standard InChI is InChI=1S/C27H26BF3NO4.K/c1-27(2,3)36-25(33)17-13-18(28(29,30)31)15-19(14-17)32(4)26(34)35-16-24-22-11-7-5-9-20(22)21-10-6-8-12-23(21)24;/h5-15,24H,16H2,1-4H3;/q-1;+1. The summed E-state index contributed by atoms with van der Waals surface area (Å²) >= 11 is 0. The molecule has 0 saturated heterocycles. The fraction of sp³-hybridized carbons (Fsp3) is 0.259. The molecule has 4 rings (SSSR count). The second kappa shape index (κ2) is 11.3. The summed E-state index contributed by atoms with van der Waals surface area (Å²) in [5.74, 6) is -1.11. The van der Waals surface area contributed by atoms with E-state index in [2.05, 4.69) is 0 Å². The number of carbonyl (C=O) groups excluding carboxylic acids is 2. The number of hydrogen-bond acceptors (Lipinski definition) is 4. The van der Waals surface area contributed by atoms with Gasteiger partial charge in [-0.3, -0.25) is 4.90 Å². The number of hydrogen-bond donors (Lipinski definition) is 0. The van der Waals surface area contributed by atoms with Crippen molar-refractivity contribution < 1.29 is 83.4 Å². The van der Waals surface area contributed by atoms with Crippen molar-refractivity contribution in [1.82, 2.24) is 0 Å². The number of ether oxygens (including phenoxy) is 2. The molecular formula is C27H26BF3KNO4. The molecule has 0 spiro atoms. The van der Waals surface area contributed by atoms with Crippen LogP contribution in [0.3, 0.4) is 0 Å². The zero-order chi connectivity index (χ0) is 26.3. The molecule has 188 valence electrons. The maximum Gasteiger partial charge on any atom is 1.00 e. The van der Waals surface area contributed by atoms with Crippen molar-refractivity contribution in [2.24, 2.45) is 0 Å². The number of nitrogens with zero attached hydrogens (tertiary/aromatic N) is 1. The van der Waals surface area contributed by atoms with Crippen LogP contribution in [0, 0.1) is 0 Å². The van der Waals surface area contributed by atoms with Crippen LogP contribution in [-0.4, -0.2) is 38.3 Å². The van der Waals surface area contributed by atoms with E-state index in [0.29, 0.717) is 0 Å². The zero-order valence-corrected chi connectivity index (χ0v) is 24.5. The molecule has 0 atom stereocenters. The summed E-state index contributed by atoms with van der Waals surface area (Å²) in [6.45, 7) is -0.565. The van der Waals surface area contributed by atoms with Gasteiger partial charge in [0.2, 0.25) is 0 Å². The Bertz CT molecular complexity index is 1280. The Morgan fingerprint density at radius 3 is 1.97 bits per heavy atom. The Morgan fingerprint density at radius 2 is 1.46 bits per heavy atom. The van der Waals surface area contributed by atoms with E-state index in [4.69, 9.17) is 9.47 Å². The van der Waals surface area contributed by atoms with E-state index >= 15 is 0 Å². The molecule has 3 aromatic rings. The Balaban J connectivity index is 0.00000380. The third kappa shape index (κ3) is 6.67. The summed E-state index contributed by atoms with van der Waals surface area (Å²) in [7, 11) is 1.31. The monoisotopic (exact) mass is 535 g/mol. The maximum absolute atomic E-state index is 13.6. The van der Waals surface area contributed by atoms with Gasteiger partial charge in [0.15, 0.2) is 0 Å². The number of fused-ring (bicyclic) bond motifs is 3. The molecule has 10 heteroatoms. The van der Waals surface area contributed by atoms with Crippen molar-refractivity contribution in [2.75, 3.05) is 18.6 Å². The largest absolute Gasteiger partial charge is 1.00 e. The predicted molar refractivity (Wildman–Crippen MR) is 134 cm³/mol. The normalized spacial score (nSPS) is 12.7. The van der Waals surface area contributed by atoms with Gasteiger partial charge >= 0.3 is 70.4 Å². The van der Waals surface area contributed by atoms with Crippen molar-refractivity contribution in [2.45, 2.75) is 32.3 Å². The molecule has 0 aromatic heterocycles. The minimum atomic E-state index is -5.43. The molecule has 0 fully saturated rings. The molecule has 1 amide bonds. The van der Waals surface area contributed by atoms with E-state index in [9.17, 15) is 22.5 Å². The molecule has 0 aliphatic heterocycles. The minimum Gasteiger partial charge on any atom is -0.456 e. The van der Waals surface area contributed by atoms with Gasteiger partial charge in [-0.15, -0.1) is 5.46 Å². The molecule has 3 aromatic carbocycles. The Labute approximate surface area is 256 Å². The molecule has 0 unspecified atom stereocenters. The average molecular weight is 535 g/mol. The van der Waals surface area contributed by atoms with E-state index in [-0.39, 0.29) is 75.2 Å². The quantitative estimate of drug-likeness (QED) is 0.373. The Morgan fingerprint density at radius 1 is 0.919 bits per heavy atom. The molecule has 1 aliphatic rings. The van der Waals surface area contributed by atoms with Crippen molar-refractivity contribution in [1.29, 1.82) is 0 Å². The Kier molecular flexibility index (Phi) is 9.02. The second-order valence-electron chi connectivity index (χ2n) is 9.75. The van der Waals surface area contributed by atoms with Crippen LogP contribution >= 0.6 is 0 Å². The van der Waals surface area contributed by atoms with Crippen LogP contribution in [0.25, 0.3) is 11.1 Å². The number of esters is 1. The summed E-state index contributed by atoms with van der Waals surface area (Å²) in [5.41, 5.74) is 1.84. The number of benzene rings is 3. The number of carbonyl (C=O) groups is 2. The number of rotatable bonds is 5. The van der Waals surface area contributed by atoms with E-state index < -0.39 is 30.1 Å². The van der Waals surface area contributed by atoms with Crippen LogP contribution in [0.15, 0.2) is 66.7 Å². The van der Waals surface area contributed by atoms with Crippen LogP contribution in [0.1, 0.15) is 48.2 Å². The molecular weight excluding hydrogens is 509 g/mol. The molecule has 0 N–H and O–H groups in total. The van der Waals surface area contributed by atoms with Gasteiger partial charge in [0.05, 0.1) is 5.56 Å². The van der Waals surface area contributed by atoms with Gasteiger partial charge in [0.1, 0.15) is 12.2 Å². The summed E-state index contributed by atoms with van der Waals surface area (Å²) in [4.78, 5) is 26.4. The van der Waals surface area contributed by atoms with Crippen molar-refractivity contribution in [3.05, 3.63) is 83.4 Å². The fourth-order valence-electron chi connectivity index (χ4n) is 4.27. The van der Waals surface area contributed by atoms with Gasteiger partial charge in [-0.1, -0.05) is 60.7 Å². The molecule has 5 nitrogen and oxygen atoms in total. The summed E-state index contributed by atoms with van der Waals surface area (Å²) in [6, 6.07) is 18.4. The summed E-state index contributed by atoms with van der Waals surface area (Å²) < 4.78 is 51.7. The molecule has 37 heavy (non-hydrogen) atoms. The van der Waals surface area contributed by atoms with Gasteiger partial charge in [-0.05, 0) is 49.1 Å². The second-order valence-corrected chi connectivity index (χ2v) is 9.75. The van der Waals surface area contributed by atoms with Gasteiger partial charge in [0, 0.05) is 18.7 Å². The molecule has 0 bridgehead atoms. The minimum absolute atomic E-state index is 0. The summed E-state index contributed by atoms with van der Waals surface area (Å²) in [6.07, 6.45) is -0.834. The topological polar surface area (TPSA) is 55.8 Å². The number of amides is 1. The third-order valence-corrected chi connectivity index (χ3v) is 5.95. The van der Waals surface area contributed by atoms with Gasteiger partial charge in [-0.25, -0.2) is 9.59 Å². The van der Waals surface area contributed by atoms with Crippen molar-refractivity contribution in [3.63, 3.8) is 0 Å². The average Bonchev–Trinajstić information content (AvgIpc) is 3.14. The first-order chi connectivity index (χ1) is 16.8. The van der Waals surface area contributed by atoms with E-state index in [0.717, 1.165) is 39.3 Å². The maximum atomic E-state index is 13.6. The van der Waals surface area contributed by atoms with E-state index in [1.807, 2.05) is 48.5 Å². The van der Waals surface area contributed by atoms with Crippen LogP contribution in [-0.2, 0) is 9.47 Å². The smallest absolute Gasteiger partial charge is 0.456 e. The van der Waals surface area contributed by atoms with Crippen LogP contribution in [0.5, 0.6) is 0 Å². The SMILES string of the molecule is CN(C(=O)OCC1c2ccccc2-c2ccccc21)c1cc(C(=O)OC(C)(C)C)cc([B-](F)(F)F)c1.[K+]. The van der Waals surface area contributed by atoms with E-state index in [1.54, 1.807) is 20.8 Å². The molecule has 0 saturated carbocycles. The van der Waals surface area contributed by atoms with Gasteiger partial charge in [-0.2, -0.15) is 0 Å². The number of anilines is 1. The van der Waals surface area contributed by atoms with Crippen molar-refractivity contribution in [3.8, 4) is 11.1 Å². The molecule has 1 aliphatic carbocycles. The molecule has 0 heterocycles.